The van der Waals surface area contributed by atoms with E-state index in [-0.39, 0.29) is 29.1 Å². The number of unbranched alkanes of at least 4 members (excludes halogenated alkanes) is 4. The fourth-order valence-electron chi connectivity index (χ4n) is 6.56. The van der Waals surface area contributed by atoms with Crippen LogP contribution in [0, 0.1) is 11.8 Å². The molecule has 0 aromatic rings. The lowest BCUT2D eigenvalue weighted by Gasteiger charge is -2.37. The van der Waals surface area contributed by atoms with E-state index in [9.17, 15) is 14.4 Å². The van der Waals surface area contributed by atoms with Crippen LogP contribution < -0.4 is 0 Å². The van der Waals surface area contributed by atoms with Crippen molar-refractivity contribution in [2.45, 2.75) is 80.7 Å². The molecule has 1 spiro atoms. The second-order valence-electron chi connectivity index (χ2n) is 10.8. The number of aliphatic hydroxyl groups is 1. The van der Waals surface area contributed by atoms with E-state index >= 15 is 0 Å². The van der Waals surface area contributed by atoms with E-state index in [1.165, 1.54) is 0 Å². The van der Waals surface area contributed by atoms with Crippen molar-refractivity contribution in [1.82, 2.24) is 14.7 Å². The lowest BCUT2D eigenvalue weighted by molar-refractivity contribution is -0.145. The van der Waals surface area contributed by atoms with Crippen LogP contribution in [-0.4, -0.2) is 92.9 Å². The van der Waals surface area contributed by atoms with E-state index in [2.05, 4.69) is 27.0 Å². The molecule has 1 N–H and O–H groups in total. The van der Waals surface area contributed by atoms with Crippen molar-refractivity contribution < 1.29 is 19.5 Å². The SMILES string of the molecule is C=CCN(C)C(=O)[C@H]1[C@H]2C(=O)N(CCCCCCO)C(C(=O)N(CC=C)CCCC)C23CC[C@]1(C)S3. The van der Waals surface area contributed by atoms with Crippen LogP contribution in [0.25, 0.3) is 0 Å². The molecule has 5 atom stereocenters. The van der Waals surface area contributed by atoms with Crippen LogP contribution in [-0.2, 0) is 14.4 Å². The monoisotopic (exact) mass is 519 g/mol. The largest absolute Gasteiger partial charge is 0.396 e. The summed E-state index contributed by atoms with van der Waals surface area (Å²) in [5.41, 5.74) is 0. The number of hydrogen-bond acceptors (Lipinski definition) is 5. The third-order valence-electron chi connectivity index (χ3n) is 8.31. The first-order chi connectivity index (χ1) is 17.2. The lowest BCUT2D eigenvalue weighted by atomic mass is 9.66. The summed E-state index contributed by atoms with van der Waals surface area (Å²) < 4.78 is -0.930. The first kappa shape index (κ1) is 28.8. The number of carbonyl (C=O) groups excluding carboxylic acids is 3. The molecule has 3 rings (SSSR count). The van der Waals surface area contributed by atoms with Gasteiger partial charge in [0.25, 0.3) is 0 Å². The summed E-state index contributed by atoms with van der Waals surface area (Å²) in [6.07, 6.45) is 10.3. The van der Waals surface area contributed by atoms with Crippen molar-refractivity contribution in [3.05, 3.63) is 25.3 Å². The molecule has 3 fully saturated rings. The Balaban J connectivity index is 1.98. The van der Waals surface area contributed by atoms with Gasteiger partial charge in [-0.3, -0.25) is 14.4 Å². The highest BCUT2D eigenvalue weighted by Gasteiger charge is 2.77. The molecule has 3 saturated heterocycles. The van der Waals surface area contributed by atoms with Crippen LogP contribution in [0.15, 0.2) is 25.3 Å². The van der Waals surface area contributed by atoms with Crippen molar-refractivity contribution in [3.8, 4) is 0 Å². The quantitative estimate of drug-likeness (QED) is 0.265. The Hall–Kier alpha value is -1.80. The molecular weight excluding hydrogens is 474 g/mol. The number of likely N-dealkylation sites (tertiary alicyclic amines) is 1. The Kier molecular flexibility index (Phi) is 9.72. The summed E-state index contributed by atoms with van der Waals surface area (Å²) >= 11 is 1.73. The highest BCUT2D eigenvalue weighted by atomic mass is 32.2. The minimum Gasteiger partial charge on any atom is -0.396 e. The maximum atomic E-state index is 14.2. The predicted molar refractivity (Wildman–Crippen MR) is 146 cm³/mol. The summed E-state index contributed by atoms with van der Waals surface area (Å²) in [7, 11) is 1.77. The predicted octanol–water partition coefficient (Wildman–Crippen LogP) is 3.48. The van der Waals surface area contributed by atoms with Crippen molar-refractivity contribution in [2.24, 2.45) is 11.8 Å². The van der Waals surface area contributed by atoms with Gasteiger partial charge in [0.15, 0.2) is 0 Å². The van der Waals surface area contributed by atoms with Gasteiger partial charge in [-0.2, -0.15) is 0 Å². The van der Waals surface area contributed by atoms with Gasteiger partial charge < -0.3 is 19.8 Å². The normalized spacial score (nSPS) is 30.4. The third-order valence-corrected chi connectivity index (χ3v) is 10.3. The van der Waals surface area contributed by atoms with Gasteiger partial charge in [0, 0.05) is 44.6 Å². The molecule has 0 saturated carbocycles. The number of rotatable bonds is 15. The van der Waals surface area contributed by atoms with Crippen LogP contribution in [0.3, 0.4) is 0 Å². The fourth-order valence-corrected chi connectivity index (χ4v) is 8.90. The van der Waals surface area contributed by atoms with E-state index in [0.717, 1.165) is 51.4 Å². The molecule has 2 bridgehead atoms. The molecule has 3 amide bonds. The summed E-state index contributed by atoms with van der Waals surface area (Å²) in [5, 5.41) is 9.12. The van der Waals surface area contributed by atoms with Crippen molar-refractivity contribution in [1.29, 1.82) is 0 Å². The molecule has 0 aromatic heterocycles. The maximum absolute atomic E-state index is 14.2. The number of thioether (sulfide) groups is 1. The van der Waals surface area contributed by atoms with Crippen LogP contribution in [0.4, 0.5) is 0 Å². The molecule has 8 heteroatoms. The van der Waals surface area contributed by atoms with Crippen LogP contribution >= 0.6 is 11.8 Å². The van der Waals surface area contributed by atoms with E-state index in [0.29, 0.717) is 26.2 Å². The number of aliphatic hydroxyl groups excluding tert-OH is 1. The number of nitrogens with zero attached hydrogens (tertiary/aromatic N) is 3. The molecule has 3 heterocycles. The first-order valence-electron chi connectivity index (χ1n) is 13.6. The minimum absolute atomic E-state index is 0.00106. The zero-order chi connectivity index (χ0) is 26.5. The molecule has 2 unspecified atom stereocenters. The maximum Gasteiger partial charge on any atom is 0.247 e. The molecule has 36 heavy (non-hydrogen) atoms. The second kappa shape index (κ2) is 12.2. The van der Waals surface area contributed by atoms with Crippen molar-refractivity contribution in [3.63, 3.8) is 0 Å². The van der Waals surface area contributed by atoms with Gasteiger partial charge in [-0.05, 0) is 39.0 Å². The number of fused-ring (bicyclic) bond motifs is 1. The summed E-state index contributed by atoms with van der Waals surface area (Å²) in [4.78, 5) is 47.4. The molecule has 202 valence electrons. The first-order valence-corrected chi connectivity index (χ1v) is 14.4. The van der Waals surface area contributed by atoms with E-state index < -0.39 is 22.6 Å². The number of amides is 3. The van der Waals surface area contributed by atoms with E-state index in [1.807, 2.05) is 9.80 Å². The van der Waals surface area contributed by atoms with Gasteiger partial charge in [0.05, 0.1) is 16.6 Å². The average molecular weight is 520 g/mol. The molecule has 3 aliphatic heterocycles. The zero-order valence-electron chi connectivity index (χ0n) is 22.4. The topological polar surface area (TPSA) is 81.2 Å². The Morgan fingerprint density at radius 1 is 1.11 bits per heavy atom. The van der Waals surface area contributed by atoms with Crippen LogP contribution in [0.5, 0.6) is 0 Å². The van der Waals surface area contributed by atoms with Gasteiger partial charge in [-0.25, -0.2) is 0 Å². The summed E-state index contributed by atoms with van der Waals surface area (Å²) in [6, 6.07) is -0.556. The molecule has 3 aliphatic rings. The van der Waals surface area contributed by atoms with E-state index in [1.54, 1.807) is 35.9 Å². The number of carbonyl (C=O) groups is 3. The zero-order valence-corrected chi connectivity index (χ0v) is 23.2. The summed E-state index contributed by atoms with van der Waals surface area (Å²) in [5.74, 6) is -0.976. The van der Waals surface area contributed by atoms with E-state index in [4.69, 9.17) is 5.11 Å². The van der Waals surface area contributed by atoms with Crippen LogP contribution in [0.2, 0.25) is 0 Å². The fraction of sp³-hybridized carbons (Fsp3) is 0.750. The Labute approximate surface area is 221 Å². The van der Waals surface area contributed by atoms with Gasteiger partial charge in [-0.15, -0.1) is 24.9 Å². The van der Waals surface area contributed by atoms with Gasteiger partial charge in [0.1, 0.15) is 6.04 Å². The lowest BCUT2D eigenvalue weighted by Crippen LogP contribution is -2.55. The Morgan fingerprint density at radius 3 is 2.44 bits per heavy atom. The van der Waals surface area contributed by atoms with Gasteiger partial charge in [0.2, 0.25) is 17.7 Å². The number of hydrogen-bond donors (Lipinski definition) is 1. The van der Waals surface area contributed by atoms with Gasteiger partial charge >= 0.3 is 0 Å². The number of likely N-dealkylation sites (N-methyl/N-ethyl adjacent to an activating group) is 1. The smallest absolute Gasteiger partial charge is 0.247 e. The molecule has 0 aromatic carbocycles. The third kappa shape index (κ3) is 5.13. The summed E-state index contributed by atoms with van der Waals surface area (Å²) in [6.45, 7) is 14.1. The Bertz CT molecular complexity index is 851. The highest BCUT2D eigenvalue weighted by Crippen LogP contribution is 2.71. The van der Waals surface area contributed by atoms with Gasteiger partial charge in [-0.1, -0.05) is 38.3 Å². The standard InChI is InChI=1S/C28H45N3O4S/c1-6-9-18-30(17-8-3)26(35)23-28-15-14-27(4,36-28)21(24(33)29(5)16-7-2)22(28)25(34)31(23)19-12-10-11-13-20-32/h7-8,21-23,32H,2-3,6,9-20H2,1,4-5H3/t21-,22+,23?,27+,28?/m1/s1. The van der Waals surface area contributed by atoms with Crippen LogP contribution in [0.1, 0.15) is 65.2 Å². The highest BCUT2D eigenvalue weighted by molar-refractivity contribution is 8.02. The van der Waals surface area contributed by atoms with Crippen molar-refractivity contribution in [2.75, 3.05) is 39.8 Å². The van der Waals surface area contributed by atoms with Crippen molar-refractivity contribution >= 4 is 29.5 Å². The molecule has 0 radical (unpaired) electrons. The average Bonchev–Trinajstić information content (AvgIpc) is 3.41. The second-order valence-corrected chi connectivity index (χ2v) is 12.7. The minimum atomic E-state index is -0.574. The Morgan fingerprint density at radius 2 is 1.81 bits per heavy atom. The molecule has 7 nitrogen and oxygen atoms in total. The molecule has 0 aliphatic carbocycles. The molecular formula is C28H45N3O4S.